The molecular weight excluding hydrogens is 298 g/mol. The average Bonchev–Trinajstić information content (AvgIpc) is 2.24. The van der Waals surface area contributed by atoms with Crippen LogP contribution in [0, 0.1) is 0 Å². The van der Waals surface area contributed by atoms with E-state index in [0.717, 1.165) is 4.47 Å². The largest absolute Gasteiger partial charge is 0.444 e. The predicted octanol–water partition coefficient (Wildman–Crippen LogP) is 2.37. The van der Waals surface area contributed by atoms with Gasteiger partial charge in [-0.15, -0.1) is 0 Å². The molecule has 1 heterocycles. The van der Waals surface area contributed by atoms with Gasteiger partial charge in [0.25, 0.3) is 0 Å². The Balaban J connectivity index is 2.74. The fraction of sp³-hybridized carbons (Fsp3) is 0.500. The number of nitrogens with two attached hydrogens (primary N) is 1. The first-order valence-corrected chi connectivity index (χ1v) is 6.43. The molecule has 0 fully saturated rings. The van der Waals surface area contributed by atoms with Crippen LogP contribution in [0.5, 0.6) is 0 Å². The number of hydrogen-bond donors (Lipinski definition) is 2. The van der Waals surface area contributed by atoms with Crippen molar-refractivity contribution in [3.05, 3.63) is 28.5 Å². The molecule has 1 atom stereocenters. The van der Waals surface area contributed by atoms with Crippen molar-refractivity contribution in [1.82, 2.24) is 10.3 Å². The minimum absolute atomic E-state index is 0.245. The van der Waals surface area contributed by atoms with E-state index in [-0.39, 0.29) is 12.6 Å². The van der Waals surface area contributed by atoms with Gasteiger partial charge in [0.1, 0.15) is 5.60 Å². The van der Waals surface area contributed by atoms with Crippen LogP contribution in [0.3, 0.4) is 0 Å². The third kappa shape index (κ3) is 4.62. The summed E-state index contributed by atoms with van der Waals surface area (Å²) in [6.45, 7) is 5.66. The van der Waals surface area contributed by atoms with Gasteiger partial charge in [-0.1, -0.05) is 0 Å². The van der Waals surface area contributed by atoms with Gasteiger partial charge in [0, 0.05) is 17.2 Å². The number of halogens is 1. The van der Waals surface area contributed by atoms with Crippen LogP contribution in [0.25, 0.3) is 0 Å². The monoisotopic (exact) mass is 315 g/mol. The minimum atomic E-state index is -0.537. The summed E-state index contributed by atoms with van der Waals surface area (Å²) in [4.78, 5) is 15.9. The van der Waals surface area contributed by atoms with Crippen LogP contribution in [0.15, 0.2) is 22.8 Å². The maximum atomic E-state index is 11.7. The van der Waals surface area contributed by atoms with Gasteiger partial charge in [0.05, 0.1) is 11.7 Å². The number of rotatable bonds is 3. The first-order chi connectivity index (χ1) is 8.33. The van der Waals surface area contributed by atoms with Gasteiger partial charge in [0.2, 0.25) is 0 Å². The standard InChI is InChI=1S/C12H18BrN3O2/c1-12(2,3)18-11(17)16-9(7-14)10-8(13)5-4-6-15-10/h4-6,9H,7,14H2,1-3H3,(H,16,17). The number of amides is 1. The van der Waals surface area contributed by atoms with Gasteiger partial charge in [-0.2, -0.15) is 0 Å². The Bertz CT molecular complexity index is 418. The van der Waals surface area contributed by atoms with Crippen molar-refractivity contribution < 1.29 is 9.53 Å². The second kappa shape index (κ2) is 6.15. The van der Waals surface area contributed by atoms with E-state index in [1.165, 1.54) is 0 Å². The quantitative estimate of drug-likeness (QED) is 0.897. The van der Waals surface area contributed by atoms with Gasteiger partial charge < -0.3 is 15.8 Å². The van der Waals surface area contributed by atoms with Gasteiger partial charge in [0.15, 0.2) is 0 Å². The molecule has 0 saturated heterocycles. The van der Waals surface area contributed by atoms with Gasteiger partial charge in [-0.25, -0.2) is 4.79 Å². The molecule has 6 heteroatoms. The Morgan fingerprint density at radius 1 is 1.61 bits per heavy atom. The van der Waals surface area contributed by atoms with Crippen LogP contribution in [0.4, 0.5) is 4.79 Å². The molecule has 1 aromatic heterocycles. The van der Waals surface area contributed by atoms with Crippen molar-refractivity contribution in [2.75, 3.05) is 6.54 Å². The molecule has 1 rings (SSSR count). The number of nitrogens with zero attached hydrogens (tertiary/aromatic N) is 1. The third-order valence-electron chi connectivity index (χ3n) is 2.04. The van der Waals surface area contributed by atoms with Gasteiger partial charge in [-0.05, 0) is 48.8 Å². The van der Waals surface area contributed by atoms with Crippen molar-refractivity contribution in [2.45, 2.75) is 32.4 Å². The molecule has 0 aromatic carbocycles. The minimum Gasteiger partial charge on any atom is -0.444 e. The molecule has 1 amide bonds. The van der Waals surface area contributed by atoms with Crippen molar-refractivity contribution in [3.63, 3.8) is 0 Å². The van der Waals surface area contributed by atoms with E-state index in [1.54, 1.807) is 33.0 Å². The van der Waals surface area contributed by atoms with E-state index in [2.05, 4.69) is 26.2 Å². The lowest BCUT2D eigenvalue weighted by molar-refractivity contribution is 0.0504. The second-order valence-electron chi connectivity index (χ2n) is 4.80. The fourth-order valence-electron chi connectivity index (χ4n) is 1.34. The Hall–Kier alpha value is -1.14. The maximum absolute atomic E-state index is 11.7. The third-order valence-corrected chi connectivity index (χ3v) is 2.71. The first-order valence-electron chi connectivity index (χ1n) is 5.63. The Morgan fingerprint density at radius 3 is 2.78 bits per heavy atom. The lowest BCUT2D eigenvalue weighted by Gasteiger charge is -2.23. The fourth-order valence-corrected chi connectivity index (χ4v) is 1.87. The van der Waals surface area contributed by atoms with Crippen LogP contribution >= 0.6 is 15.9 Å². The normalized spacial score (nSPS) is 12.9. The van der Waals surface area contributed by atoms with Crippen LogP contribution in [-0.2, 0) is 4.74 Å². The zero-order chi connectivity index (χ0) is 13.8. The number of hydrogen-bond acceptors (Lipinski definition) is 4. The smallest absolute Gasteiger partial charge is 0.408 e. The highest BCUT2D eigenvalue weighted by Crippen LogP contribution is 2.20. The Morgan fingerprint density at radius 2 is 2.28 bits per heavy atom. The molecule has 1 unspecified atom stereocenters. The Kier molecular flexibility index (Phi) is 5.10. The Labute approximate surface area is 115 Å². The van der Waals surface area contributed by atoms with Crippen LogP contribution in [0.2, 0.25) is 0 Å². The summed E-state index contributed by atoms with van der Waals surface area (Å²) in [5, 5.41) is 2.70. The molecule has 100 valence electrons. The van der Waals surface area contributed by atoms with Crippen LogP contribution < -0.4 is 11.1 Å². The lowest BCUT2D eigenvalue weighted by Crippen LogP contribution is -2.38. The summed E-state index contributed by atoms with van der Waals surface area (Å²) in [5.74, 6) is 0. The summed E-state index contributed by atoms with van der Waals surface area (Å²) in [6.07, 6.45) is 1.15. The molecule has 0 aliphatic carbocycles. The van der Waals surface area contributed by atoms with Gasteiger partial charge in [-0.3, -0.25) is 4.98 Å². The van der Waals surface area contributed by atoms with Crippen molar-refractivity contribution in [2.24, 2.45) is 5.73 Å². The summed E-state index contributed by atoms with van der Waals surface area (Å²) < 4.78 is 5.99. The summed E-state index contributed by atoms with van der Waals surface area (Å²) in [7, 11) is 0. The zero-order valence-corrected chi connectivity index (χ0v) is 12.3. The summed E-state index contributed by atoms with van der Waals surface area (Å²) in [5.41, 5.74) is 5.80. The van der Waals surface area contributed by atoms with Crippen molar-refractivity contribution in [3.8, 4) is 0 Å². The second-order valence-corrected chi connectivity index (χ2v) is 5.66. The highest BCUT2D eigenvalue weighted by Gasteiger charge is 2.21. The van der Waals surface area contributed by atoms with Crippen LogP contribution in [-0.4, -0.2) is 23.2 Å². The topological polar surface area (TPSA) is 77.2 Å². The summed E-state index contributed by atoms with van der Waals surface area (Å²) >= 11 is 3.38. The number of carbonyl (C=O) groups is 1. The summed E-state index contributed by atoms with van der Waals surface area (Å²) in [6, 6.07) is 3.27. The highest BCUT2D eigenvalue weighted by atomic mass is 79.9. The maximum Gasteiger partial charge on any atom is 0.408 e. The van der Waals surface area contributed by atoms with E-state index in [4.69, 9.17) is 10.5 Å². The number of aromatic nitrogens is 1. The van der Waals surface area contributed by atoms with E-state index < -0.39 is 11.7 Å². The number of alkyl carbamates (subject to hydrolysis) is 1. The van der Waals surface area contributed by atoms with Crippen molar-refractivity contribution >= 4 is 22.0 Å². The molecular formula is C12H18BrN3O2. The molecule has 0 radical (unpaired) electrons. The molecule has 0 bridgehead atoms. The molecule has 18 heavy (non-hydrogen) atoms. The highest BCUT2D eigenvalue weighted by molar-refractivity contribution is 9.10. The van der Waals surface area contributed by atoms with Crippen molar-refractivity contribution in [1.29, 1.82) is 0 Å². The zero-order valence-electron chi connectivity index (χ0n) is 10.7. The SMILES string of the molecule is CC(C)(C)OC(=O)NC(CN)c1ncccc1Br. The van der Waals surface area contributed by atoms with Crippen LogP contribution in [0.1, 0.15) is 32.5 Å². The number of pyridine rings is 1. The van der Waals surface area contributed by atoms with E-state index in [0.29, 0.717) is 5.69 Å². The molecule has 0 saturated carbocycles. The number of ether oxygens (including phenoxy) is 1. The first kappa shape index (κ1) is 14.9. The predicted molar refractivity (Wildman–Crippen MR) is 73.1 cm³/mol. The number of carbonyl (C=O) groups excluding carboxylic acids is 1. The average molecular weight is 316 g/mol. The lowest BCUT2D eigenvalue weighted by atomic mass is 10.2. The van der Waals surface area contributed by atoms with E-state index >= 15 is 0 Å². The number of nitrogens with one attached hydrogen (secondary N) is 1. The van der Waals surface area contributed by atoms with E-state index in [9.17, 15) is 4.79 Å². The molecule has 0 spiro atoms. The molecule has 1 aromatic rings. The van der Waals surface area contributed by atoms with E-state index in [1.807, 2.05) is 6.07 Å². The molecule has 5 nitrogen and oxygen atoms in total. The molecule has 3 N–H and O–H groups in total. The molecule has 0 aliphatic heterocycles. The van der Waals surface area contributed by atoms with Gasteiger partial charge >= 0.3 is 6.09 Å². The molecule has 0 aliphatic rings.